The Morgan fingerprint density at radius 3 is 2.73 bits per heavy atom. The fourth-order valence-corrected chi connectivity index (χ4v) is 3.60. The third-order valence-corrected chi connectivity index (χ3v) is 4.80. The Kier molecular flexibility index (Phi) is 2.91. The van der Waals surface area contributed by atoms with Gasteiger partial charge in [0.2, 0.25) is 0 Å². The van der Waals surface area contributed by atoms with Gasteiger partial charge in [0.1, 0.15) is 0 Å². The Morgan fingerprint density at radius 1 is 1.53 bits per heavy atom. The van der Waals surface area contributed by atoms with E-state index in [1.54, 1.807) is 11.3 Å². The average molecular weight is 224 g/mol. The van der Waals surface area contributed by atoms with Crippen LogP contribution in [0.15, 0.2) is 11.4 Å². The molecule has 0 radical (unpaired) electrons. The van der Waals surface area contributed by atoms with Gasteiger partial charge in [0.15, 0.2) is 0 Å². The predicted octanol–water partition coefficient (Wildman–Crippen LogP) is 3.92. The first kappa shape index (κ1) is 11.2. The lowest BCUT2D eigenvalue weighted by Crippen LogP contribution is -2.24. The Morgan fingerprint density at radius 2 is 2.27 bits per heavy atom. The topological polar surface area (TPSA) is 20.2 Å². The van der Waals surface area contributed by atoms with E-state index in [-0.39, 0.29) is 6.10 Å². The summed E-state index contributed by atoms with van der Waals surface area (Å²) in [7, 11) is 0. The van der Waals surface area contributed by atoms with Crippen molar-refractivity contribution in [1.82, 2.24) is 0 Å². The lowest BCUT2D eigenvalue weighted by Gasteiger charge is -2.31. The molecular weight excluding hydrogens is 204 g/mol. The van der Waals surface area contributed by atoms with Crippen LogP contribution in [0.2, 0.25) is 0 Å². The van der Waals surface area contributed by atoms with Crippen molar-refractivity contribution in [2.75, 3.05) is 0 Å². The van der Waals surface area contributed by atoms with Gasteiger partial charge in [-0.15, -0.1) is 11.3 Å². The Balaban J connectivity index is 2.21. The van der Waals surface area contributed by atoms with E-state index in [2.05, 4.69) is 32.2 Å². The quantitative estimate of drug-likeness (QED) is 0.807. The minimum Gasteiger partial charge on any atom is -0.388 e. The molecule has 1 aromatic heterocycles. The predicted molar refractivity (Wildman–Crippen MR) is 65.1 cm³/mol. The largest absolute Gasteiger partial charge is 0.388 e. The second-order valence-electron chi connectivity index (χ2n) is 5.36. The summed E-state index contributed by atoms with van der Waals surface area (Å²) in [6, 6.07) is 2.08. The molecule has 1 saturated carbocycles. The Labute approximate surface area is 96.1 Å². The molecule has 0 saturated heterocycles. The third kappa shape index (κ3) is 1.98. The van der Waals surface area contributed by atoms with E-state index < -0.39 is 0 Å². The van der Waals surface area contributed by atoms with E-state index in [0.29, 0.717) is 11.3 Å². The molecule has 2 rings (SSSR count). The summed E-state index contributed by atoms with van der Waals surface area (Å²) in [5, 5.41) is 12.5. The van der Waals surface area contributed by atoms with Crippen LogP contribution in [0, 0.1) is 18.3 Å². The van der Waals surface area contributed by atoms with Crippen molar-refractivity contribution >= 4 is 11.3 Å². The average Bonchev–Trinajstić information content (AvgIpc) is 2.70. The number of hydrogen-bond donors (Lipinski definition) is 1. The lowest BCUT2D eigenvalue weighted by atomic mass is 9.77. The van der Waals surface area contributed by atoms with Crippen LogP contribution >= 0.6 is 11.3 Å². The van der Waals surface area contributed by atoms with Crippen molar-refractivity contribution in [2.24, 2.45) is 11.3 Å². The summed E-state index contributed by atoms with van der Waals surface area (Å²) < 4.78 is 0. The van der Waals surface area contributed by atoms with Gasteiger partial charge in [-0.1, -0.05) is 20.3 Å². The molecule has 1 fully saturated rings. The summed E-state index contributed by atoms with van der Waals surface area (Å²) in [5.41, 5.74) is 1.45. The van der Waals surface area contributed by atoms with E-state index in [9.17, 15) is 5.11 Å². The number of rotatable bonds is 2. The van der Waals surface area contributed by atoms with Gasteiger partial charge >= 0.3 is 0 Å². The second-order valence-corrected chi connectivity index (χ2v) is 6.48. The highest BCUT2D eigenvalue weighted by Crippen LogP contribution is 2.49. The highest BCUT2D eigenvalue weighted by Gasteiger charge is 2.39. The van der Waals surface area contributed by atoms with Gasteiger partial charge in [0.25, 0.3) is 0 Å². The van der Waals surface area contributed by atoms with Crippen LogP contribution < -0.4 is 0 Å². The maximum atomic E-state index is 10.4. The first-order valence-electron chi connectivity index (χ1n) is 5.74. The van der Waals surface area contributed by atoms with Gasteiger partial charge in [-0.25, -0.2) is 0 Å². The van der Waals surface area contributed by atoms with Crippen molar-refractivity contribution in [1.29, 1.82) is 0 Å². The number of aliphatic hydroxyl groups is 1. The first-order chi connectivity index (χ1) is 7.02. The lowest BCUT2D eigenvalue weighted by molar-refractivity contribution is 0.0531. The van der Waals surface area contributed by atoms with E-state index in [1.165, 1.54) is 24.1 Å². The molecule has 0 amide bonds. The maximum absolute atomic E-state index is 10.4. The van der Waals surface area contributed by atoms with Crippen molar-refractivity contribution in [2.45, 2.75) is 46.1 Å². The summed E-state index contributed by atoms with van der Waals surface area (Å²) >= 11 is 1.73. The number of aryl methyl sites for hydroxylation is 1. The fourth-order valence-electron chi connectivity index (χ4n) is 2.86. The molecule has 2 atom stereocenters. The van der Waals surface area contributed by atoms with Gasteiger partial charge in [0.05, 0.1) is 6.10 Å². The summed E-state index contributed by atoms with van der Waals surface area (Å²) in [4.78, 5) is 1.27. The Bertz CT molecular complexity index is 340. The zero-order valence-electron chi connectivity index (χ0n) is 9.79. The SMILES string of the molecule is Cc1sccc1C(O)C1CCCC1(C)C. The molecular formula is C13H20OS. The zero-order chi connectivity index (χ0) is 11.1. The van der Waals surface area contributed by atoms with Crippen LogP contribution in [0.1, 0.15) is 49.7 Å². The molecule has 1 aliphatic carbocycles. The van der Waals surface area contributed by atoms with Crippen molar-refractivity contribution in [3.63, 3.8) is 0 Å². The molecule has 0 spiro atoms. The zero-order valence-corrected chi connectivity index (χ0v) is 10.6. The van der Waals surface area contributed by atoms with Gasteiger partial charge in [-0.05, 0) is 48.1 Å². The Hall–Kier alpha value is -0.340. The highest BCUT2D eigenvalue weighted by atomic mass is 32.1. The highest BCUT2D eigenvalue weighted by molar-refractivity contribution is 7.10. The molecule has 1 N–H and O–H groups in total. The molecule has 0 aromatic carbocycles. The molecule has 2 unspecified atom stereocenters. The fraction of sp³-hybridized carbons (Fsp3) is 0.692. The molecule has 1 nitrogen and oxygen atoms in total. The first-order valence-corrected chi connectivity index (χ1v) is 6.62. The van der Waals surface area contributed by atoms with E-state index in [0.717, 1.165) is 5.56 Å². The molecule has 0 bridgehead atoms. The normalized spacial score (nSPS) is 26.8. The monoisotopic (exact) mass is 224 g/mol. The number of thiophene rings is 1. The van der Waals surface area contributed by atoms with Crippen LogP contribution in [0.25, 0.3) is 0 Å². The van der Waals surface area contributed by atoms with Crippen LogP contribution in [0.5, 0.6) is 0 Å². The minimum absolute atomic E-state index is 0.256. The van der Waals surface area contributed by atoms with E-state index >= 15 is 0 Å². The van der Waals surface area contributed by atoms with Crippen molar-refractivity contribution in [3.05, 3.63) is 21.9 Å². The third-order valence-electron chi connectivity index (χ3n) is 3.94. The second kappa shape index (κ2) is 3.91. The number of hydrogen-bond acceptors (Lipinski definition) is 2. The van der Waals surface area contributed by atoms with Crippen LogP contribution in [-0.2, 0) is 0 Å². The van der Waals surface area contributed by atoms with Crippen LogP contribution in [0.3, 0.4) is 0 Å². The summed E-state index contributed by atoms with van der Waals surface area (Å²) in [6.07, 6.45) is 3.42. The summed E-state index contributed by atoms with van der Waals surface area (Å²) in [6.45, 7) is 6.68. The molecule has 1 aromatic rings. The van der Waals surface area contributed by atoms with Gasteiger partial charge in [-0.3, -0.25) is 0 Å². The molecule has 2 heteroatoms. The molecule has 1 heterocycles. The van der Waals surface area contributed by atoms with Crippen LogP contribution in [-0.4, -0.2) is 5.11 Å². The van der Waals surface area contributed by atoms with Gasteiger partial charge < -0.3 is 5.11 Å². The minimum atomic E-state index is -0.256. The van der Waals surface area contributed by atoms with Gasteiger partial charge in [0, 0.05) is 4.88 Å². The van der Waals surface area contributed by atoms with Crippen molar-refractivity contribution < 1.29 is 5.11 Å². The molecule has 1 aliphatic rings. The standard InChI is InChI=1S/C13H20OS/c1-9-10(6-8-15-9)12(14)11-5-4-7-13(11,2)3/h6,8,11-12,14H,4-5,7H2,1-3H3. The van der Waals surface area contributed by atoms with E-state index in [1.807, 2.05) is 0 Å². The van der Waals surface area contributed by atoms with Gasteiger partial charge in [-0.2, -0.15) is 0 Å². The maximum Gasteiger partial charge on any atom is 0.0833 e. The molecule has 15 heavy (non-hydrogen) atoms. The number of aliphatic hydroxyl groups excluding tert-OH is 1. The van der Waals surface area contributed by atoms with Crippen molar-refractivity contribution in [3.8, 4) is 0 Å². The van der Waals surface area contributed by atoms with Crippen LogP contribution in [0.4, 0.5) is 0 Å². The molecule has 84 valence electrons. The van der Waals surface area contributed by atoms with E-state index in [4.69, 9.17) is 0 Å². The summed E-state index contributed by atoms with van der Waals surface area (Å²) in [5.74, 6) is 0.436. The molecule has 0 aliphatic heterocycles. The smallest absolute Gasteiger partial charge is 0.0833 e.